The normalized spacial score (nSPS) is 11.7. The third kappa shape index (κ3) is 1.65. The predicted octanol–water partition coefficient (Wildman–Crippen LogP) is 5.77. The van der Waals surface area contributed by atoms with E-state index < -0.39 is 0 Å². The van der Waals surface area contributed by atoms with Crippen molar-refractivity contribution in [1.82, 2.24) is 4.40 Å². The Morgan fingerprint density at radius 3 is 2.47 bits per heavy atom. The van der Waals surface area contributed by atoms with Gasteiger partial charge in [-0.25, -0.2) is 0 Å². The lowest BCUT2D eigenvalue weighted by atomic mass is 10.1. The van der Waals surface area contributed by atoms with Crippen molar-refractivity contribution >= 4 is 59.1 Å². The minimum absolute atomic E-state index is 1.08. The summed E-state index contributed by atoms with van der Waals surface area (Å²) in [5.74, 6) is 0. The number of halogens is 2. The van der Waals surface area contributed by atoms with Crippen LogP contribution in [0.3, 0.4) is 0 Å². The summed E-state index contributed by atoms with van der Waals surface area (Å²) >= 11 is 7.21. The van der Waals surface area contributed by atoms with Gasteiger partial charge in [0.05, 0.1) is 11.0 Å². The predicted molar refractivity (Wildman–Crippen MR) is 87.8 cm³/mol. The van der Waals surface area contributed by atoms with Crippen molar-refractivity contribution in [1.29, 1.82) is 0 Å². The van der Waals surface area contributed by atoms with Gasteiger partial charge in [-0.05, 0) is 29.7 Å². The molecule has 0 fully saturated rings. The highest BCUT2D eigenvalue weighted by atomic mass is 79.9. The van der Waals surface area contributed by atoms with E-state index in [4.69, 9.17) is 0 Å². The average molecular weight is 375 g/mol. The van der Waals surface area contributed by atoms with Crippen LogP contribution < -0.4 is 0 Å². The van der Waals surface area contributed by atoms with Gasteiger partial charge in [0, 0.05) is 25.9 Å². The van der Waals surface area contributed by atoms with Gasteiger partial charge in [-0.3, -0.25) is 0 Å². The van der Waals surface area contributed by atoms with Gasteiger partial charge >= 0.3 is 0 Å². The molecule has 4 rings (SSSR count). The van der Waals surface area contributed by atoms with Crippen LogP contribution in [0.5, 0.6) is 0 Å². The van der Waals surface area contributed by atoms with Gasteiger partial charge < -0.3 is 4.40 Å². The maximum Gasteiger partial charge on any atom is 0.0551 e. The number of benzene rings is 2. The first kappa shape index (κ1) is 11.5. The van der Waals surface area contributed by atoms with Crippen molar-refractivity contribution in [3.05, 3.63) is 63.7 Å². The second-order valence-corrected chi connectivity index (χ2v) is 6.39. The number of hydrogen-bond donors (Lipinski definition) is 0. The SMILES string of the molecule is Brc1cc(Br)c2cc3c4ccccc4ccn3c2c1. The fourth-order valence-electron chi connectivity index (χ4n) is 2.65. The Morgan fingerprint density at radius 1 is 0.789 bits per heavy atom. The van der Waals surface area contributed by atoms with E-state index in [9.17, 15) is 0 Å². The lowest BCUT2D eigenvalue weighted by Gasteiger charge is -2.02. The molecule has 2 aromatic carbocycles. The van der Waals surface area contributed by atoms with Gasteiger partial charge in [0.25, 0.3) is 0 Å². The quantitative estimate of drug-likeness (QED) is 0.368. The molecule has 2 aromatic heterocycles. The Morgan fingerprint density at radius 2 is 1.58 bits per heavy atom. The van der Waals surface area contributed by atoms with Crippen LogP contribution in [0.15, 0.2) is 63.7 Å². The molecule has 1 nitrogen and oxygen atoms in total. The van der Waals surface area contributed by atoms with Crippen LogP contribution in [0.25, 0.3) is 27.2 Å². The van der Waals surface area contributed by atoms with Crippen molar-refractivity contribution in [2.45, 2.75) is 0 Å². The summed E-state index contributed by atoms with van der Waals surface area (Å²) in [6.45, 7) is 0. The van der Waals surface area contributed by atoms with E-state index in [0.29, 0.717) is 0 Å². The van der Waals surface area contributed by atoms with Gasteiger partial charge in [0.2, 0.25) is 0 Å². The molecule has 0 atom stereocenters. The van der Waals surface area contributed by atoms with Gasteiger partial charge in [-0.15, -0.1) is 0 Å². The van der Waals surface area contributed by atoms with Crippen LogP contribution in [-0.4, -0.2) is 4.40 Å². The number of pyridine rings is 1. The third-order valence-electron chi connectivity index (χ3n) is 3.51. The third-order valence-corrected chi connectivity index (χ3v) is 4.63. The summed E-state index contributed by atoms with van der Waals surface area (Å²) in [5, 5.41) is 3.79. The first-order chi connectivity index (χ1) is 9.24. The number of hydrogen-bond acceptors (Lipinski definition) is 0. The second-order valence-electron chi connectivity index (χ2n) is 4.62. The largest absolute Gasteiger partial charge is 0.316 e. The van der Waals surface area contributed by atoms with Crippen LogP contribution in [0.4, 0.5) is 0 Å². The van der Waals surface area contributed by atoms with Gasteiger partial charge in [0.15, 0.2) is 0 Å². The number of rotatable bonds is 0. The van der Waals surface area contributed by atoms with E-state index in [1.54, 1.807) is 0 Å². The highest BCUT2D eigenvalue weighted by Gasteiger charge is 2.09. The summed E-state index contributed by atoms with van der Waals surface area (Å²) in [4.78, 5) is 0. The summed E-state index contributed by atoms with van der Waals surface area (Å²) in [6, 6.07) is 17.1. The molecule has 92 valence electrons. The molecule has 19 heavy (non-hydrogen) atoms. The zero-order chi connectivity index (χ0) is 13.0. The van der Waals surface area contributed by atoms with Crippen LogP contribution in [0, 0.1) is 0 Å². The molecule has 0 saturated carbocycles. The number of nitrogens with zero attached hydrogens (tertiary/aromatic N) is 1. The fraction of sp³-hybridized carbons (Fsp3) is 0. The van der Waals surface area contributed by atoms with Crippen molar-refractivity contribution in [2.75, 3.05) is 0 Å². The maximum atomic E-state index is 3.65. The van der Waals surface area contributed by atoms with E-state index in [0.717, 1.165) is 8.95 Å². The molecule has 3 heteroatoms. The summed E-state index contributed by atoms with van der Waals surface area (Å²) in [7, 11) is 0. The number of fused-ring (bicyclic) bond motifs is 5. The minimum Gasteiger partial charge on any atom is -0.316 e. The zero-order valence-electron chi connectivity index (χ0n) is 9.90. The second kappa shape index (κ2) is 4.09. The van der Waals surface area contributed by atoms with Crippen molar-refractivity contribution in [3.8, 4) is 0 Å². The first-order valence-electron chi connectivity index (χ1n) is 6.01. The smallest absolute Gasteiger partial charge is 0.0551 e. The topological polar surface area (TPSA) is 4.41 Å². The fourth-order valence-corrected chi connectivity index (χ4v) is 3.97. The summed E-state index contributed by atoms with van der Waals surface area (Å²) < 4.78 is 4.44. The summed E-state index contributed by atoms with van der Waals surface area (Å²) in [6.07, 6.45) is 2.14. The molecule has 4 aromatic rings. The standard InChI is InChI=1S/C16H9Br2N/c17-11-7-14(18)13-9-16-12-4-2-1-3-10(12)5-6-19(16)15(13)8-11/h1-9H. The van der Waals surface area contributed by atoms with Crippen LogP contribution >= 0.6 is 31.9 Å². The monoisotopic (exact) mass is 373 g/mol. The van der Waals surface area contributed by atoms with Crippen molar-refractivity contribution in [3.63, 3.8) is 0 Å². The Labute approximate surface area is 127 Å². The maximum absolute atomic E-state index is 3.65. The van der Waals surface area contributed by atoms with Crippen LogP contribution in [-0.2, 0) is 0 Å². The van der Waals surface area contributed by atoms with Crippen LogP contribution in [0.1, 0.15) is 0 Å². The highest BCUT2D eigenvalue weighted by molar-refractivity contribution is 9.11. The molecule has 0 unspecified atom stereocenters. The molecule has 0 N–H and O–H groups in total. The first-order valence-corrected chi connectivity index (χ1v) is 7.60. The Hall–Kier alpha value is -1.32. The zero-order valence-corrected chi connectivity index (χ0v) is 13.1. The van der Waals surface area contributed by atoms with Gasteiger partial charge in [0.1, 0.15) is 0 Å². The van der Waals surface area contributed by atoms with E-state index in [1.165, 1.54) is 27.2 Å². The minimum atomic E-state index is 1.08. The van der Waals surface area contributed by atoms with Crippen LogP contribution in [0.2, 0.25) is 0 Å². The van der Waals surface area contributed by atoms with Gasteiger partial charge in [-0.2, -0.15) is 0 Å². The number of aromatic nitrogens is 1. The van der Waals surface area contributed by atoms with E-state index in [1.807, 2.05) is 0 Å². The average Bonchev–Trinajstić information content (AvgIpc) is 2.78. The van der Waals surface area contributed by atoms with E-state index in [2.05, 4.69) is 91.0 Å². The molecule has 0 aliphatic rings. The lowest BCUT2D eigenvalue weighted by molar-refractivity contribution is 1.27. The molecule has 0 aliphatic carbocycles. The van der Waals surface area contributed by atoms with Crippen molar-refractivity contribution in [2.24, 2.45) is 0 Å². The molecule has 0 radical (unpaired) electrons. The molecule has 2 heterocycles. The molecule has 0 bridgehead atoms. The lowest BCUT2D eigenvalue weighted by Crippen LogP contribution is -1.84. The van der Waals surface area contributed by atoms with Crippen molar-refractivity contribution < 1.29 is 0 Å². The van der Waals surface area contributed by atoms with E-state index >= 15 is 0 Å². The Kier molecular flexibility index (Phi) is 2.47. The van der Waals surface area contributed by atoms with E-state index in [-0.39, 0.29) is 0 Å². The molecular weight excluding hydrogens is 366 g/mol. The summed E-state index contributed by atoms with van der Waals surface area (Å²) in [5.41, 5.74) is 2.45. The molecule has 0 saturated heterocycles. The molecule has 0 spiro atoms. The molecular formula is C16H9Br2N. The molecule has 0 amide bonds. The van der Waals surface area contributed by atoms with Gasteiger partial charge in [-0.1, -0.05) is 56.1 Å². The highest BCUT2D eigenvalue weighted by Crippen LogP contribution is 2.33. The molecule has 0 aliphatic heterocycles. The Balaban J connectivity index is 2.31. The Bertz CT molecular complexity index is 938.